The Balaban J connectivity index is 1.55. The van der Waals surface area contributed by atoms with Gasteiger partial charge in [0, 0.05) is 11.3 Å². The maximum Gasteiger partial charge on any atom is 0.301 e. The third-order valence-corrected chi connectivity index (χ3v) is 8.43. The highest BCUT2D eigenvalue weighted by Crippen LogP contribution is 2.44. The van der Waals surface area contributed by atoms with E-state index in [9.17, 15) is 19.1 Å². The summed E-state index contributed by atoms with van der Waals surface area (Å²) in [5.41, 5.74) is 2.47. The van der Waals surface area contributed by atoms with Crippen LogP contribution in [0.2, 0.25) is 0 Å². The van der Waals surface area contributed by atoms with Gasteiger partial charge in [-0.25, -0.2) is 4.39 Å². The van der Waals surface area contributed by atoms with Crippen LogP contribution >= 0.6 is 23.1 Å². The minimum absolute atomic E-state index is 0.0442. The summed E-state index contributed by atoms with van der Waals surface area (Å²) >= 11 is 2.41. The lowest BCUT2D eigenvalue weighted by molar-refractivity contribution is -0.132. The Kier molecular flexibility index (Phi) is 8.27. The molecule has 1 fully saturated rings. The number of anilines is 1. The monoisotopic (exact) mass is 575 g/mol. The second-order valence-electron chi connectivity index (χ2n) is 9.19. The summed E-state index contributed by atoms with van der Waals surface area (Å²) < 4.78 is 20.4. The summed E-state index contributed by atoms with van der Waals surface area (Å²) in [7, 11) is 0. The first-order valence-electron chi connectivity index (χ1n) is 12.7. The Morgan fingerprint density at radius 2 is 1.85 bits per heavy atom. The molecule has 4 aromatic rings. The van der Waals surface area contributed by atoms with Gasteiger partial charge in [-0.2, -0.15) is 0 Å². The van der Waals surface area contributed by atoms with E-state index in [1.807, 2.05) is 26.0 Å². The third kappa shape index (κ3) is 5.64. The Morgan fingerprint density at radius 3 is 2.60 bits per heavy atom. The largest absolute Gasteiger partial charge is 0.507 e. The fourth-order valence-corrected chi connectivity index (χ4v) is 6.17. The lowest BCUT2D eigenvalue weighted by Gasteiger charge is -2.23. The van der Waals surface area contributed by atoms with Crippen molar-refractivity contribution in [2.75, 3.05) is 11.5 Å². The first-order valence-corrected chi connectivity index (χ1v) is 14.5. The number of carbonyl (C=O) groups is 2. The molecule has 0 radical (unpaired) electrons. The van der Waals surface area contributed by atoms with E-state index in [1.165, 1.54) is 22.7 Å². The van der Waals surface area contributed by atoms with Crippen molar-refractivity contribution in [3.8, 4) is 5.75 Å². The van der Waals surface area contributed by atoms with Gasteiger partial charge in [-0.1, -0.05) is 90.2 Å². The van der Waals surface area contributed by atoms with E-state index in [0.717, 1.165) is 23.3 Å². The molecular formula is C30H26FN3O4S2. The Hall–Kier alpha value is -4.02. The Morgan fingerprint density at radius 1 is 1.07 bits per heavy atom. The molecule has 5 rings (SSSR count). The number of Topliss-reactive ketones (excluding diaryl/α,β-unsaturated/α-hetero) is 1. The van der Waals surface area contributed by atoms with Gasteiger partial charge in [0.1, 0.15) is 17.3 Å². The highest BCUT2D eigenvalue weighted by Gasteiger charge is 2.48. The number of ether oxygens (including phenoxy) is 1. The van der Waals surface area contributed by atoms with Crippen LogP contribution in [0.25, 0.3) is 5.76 Å². The topological polar surface area (TPSA) is 92.6 Å². The normalized spacial score (nSPS) is 16.5. The van der Waals surface area contributed by atoms with E-state index in [0.29, 0.717) is 39.1 Å². The molecule has 1 aliphatic heterocycles. The molecule has 1 unspecified atom stereocenters. The molecule has 0 saturated carbocycles. The molecule has 10 heteroatoms. The number of ketones is 1. The maximum atomic E-state index is 14.1. The molecular weight excluding hydrogens is 549 g/mol. The number of carbonyl (C=O) groups excluding carboxylic acids is 2. The number of hydrogen-bond acceptors (Lipinski definition) is 8. The first kappa shape index (κ1) is 27.5. The second kappa shape index (κ2) is 12.0. The van der Waals surface area contributed by atoms with Crippen LogP contribution in [0.3, 0.4) is 0 Å². The van der Waals surface area contributed by atoms with Gasteiger partial charge in [-0.15, -0.1) is 10.2 Å². The smallest absolute Gasteiger partial charge is 0.301 e. The number of aryl methyl sites for hydroxylation is 1. The summed E-state index contributed by atoms with van der Waals surface area (Å²) in [4.78, 5) is 28.2. The second-order valence-corrected chi connectivity index (χ2v) is 11.4. The zero-order valence-electron chi connectivity index (χ0n) is 21.8. The Bertz CT molecular complexity index is 1590. The number of rotatable bonds is 9. The summed E-state index contributed by atoms with van der Waals surface area (Å²) in [5.74, 6) is -1.32. The van der Waals surface area contributed by atoms with Gasteiger partial charge in [0.25, 0.3) is 5.78 Å². The van der Waals surface area contributed by atoms with Gasteiger partial charge in [0.2, 0.25) is 5.13 Å². The molecule has 7 nitrogen and oxygen atoms in total. The van der Waals surface area contributed by atoms with Crippen LogP contribution < -0.4 is 9.64 Å². The molecule has 3 aromatic carbocycles. The first-order chi connectivity index (χ1) is 19.4. The van der Waals surface area contributed by atoms with Crippen molar-refractivity contribution in [3.63, 3.8) is 0 Å². The number of nitrogens with zero attached hydrogens (tertiary/aromatic N) is 3. The highest BCUT2D eigenvalue weighted by molar-refractivity contribution is 8.00. The van der Waals surface area contributed by atoms with Gasteiger partial charge in [0.05, 0.1) is 18.2 Å². The molecule has 2 heterocycles. The fraction of sp³-hybridized carbons (Fsp3) is 0.200. The molecule has 0 aliphatic carbocycles. The number of aliphatic hydroxyl groups excluding tert-OH is 1. The van der Waals surface area contributed by atoms with Gasteiger partial charge in [-0.05, 0) is 42.7 Å². The minimum atomic E-state index is -0.955. The van der Waals surface area contributed by atoms with Crippen LogP contribution in [0.5, 0.6) is 5.75 Å². The van der Waals surface area contributed by atoms with Crippen LogP contribution in [0, 0.1) is 12.7 Å². The van der Waals surface area contributed by atoms with Gasteiger partial charge < -0.3 is 9.84 Å². The number of benzene rings is 3. The van der Waals surface area contributed by atoms with Gasteiger partial charge in [-0.3, -0.25) is 14.5 Å². The fourth-order valence-electron chi connectivity index (χ4n) is 4.32. The molecule has 1 saturated heterocycles. The minimum Gasteiger partial charge on any atom is -0.507 e. The number of aliphatic hydroxyl groups is 1. The molecule has 0 bridgehead atoms. The molecule has 204 valence electrons. The van der Waals surface area contributed by atoms with E-state index in [1.54, 1.807) is 54.6 Å². The quantitative estimate of drug-likeness (QED) is 0.0781. The summed E-state index contributed by atoms with van der Waals surface area (Å²) in [6.45, 7) is 4.42. The molecule has 1 aliphatic rings. The van der Waals surface area contributed by atoms with Crippen LogP contribution in [0.1, 0.15) is 41.6 Å². The average molecular weight is 576 g/mol. The van der Waals surface area contributed by atoms with E-state index >= 15 is 0 Å². The van der Waals surface area contributed by atoms with E-state index in [4.69, 9.17) is 4.74 Å². The molecule has 40 heavy (non-hydrogen) atoms. The molecule has 1 aromatic heterocycles. The van der Waals surface area contributed by atoms with Crippen molar-refractivity contribution in [1.29, 1.82) is 0 Å². The Labute approximate surface area is 239 Å². The van der Waals surface area contributed by atoms with Crippen LogP contribution in [0.4, 0.5) is 9.52 Å². The van der Waals surface area contributed by atoms with E-state index in [2.05, 4.69) is 10.2 Å². The van der Waals surface area contributed by atoms with Gasteiger partial charge in [0.15, 0.2) is 4.34 Å². The molecule has 1 amide bonds. The third-order valence-electron chi connectivity index (χ3n) is 6.33. The zero-order chi connectivity index (χ0) is 28.2. The zero-order valence-corrected chi connectivity index (χ0v) is 23.5. The maximum absolute atomic E-state index is 14.1. The lowest BCUT2D eigenvalue weighted by atomic mass is 9.95. The van der Waals surface area contributed by atoms with Crippen LogP contribution in [0.15, 0.2) is 82.7 Å². The van der Waals surface area contributed by atoms with E-state index in [-0.39, 0.29) is 22.3 Å². The van der Waals surface area contributed by atoms with Crippen LogP contribution in [-0.4, -0.2) is 33.6 Å². The van der Waals surface area contributed by atoms with Gasteiger partial charge >= 0.3 is 5.91 Å². The number of hydrogen-bond donors (Lipinski definition) is 1. The van der Waals surface area contributed by atoms with E-state index < -0.39 is 17.7 Å². The van der Waals surface area contributed by atoms with Crippen molar-refractivity contribution in [1.82, 2.24) is 10.2 Å². The van der Waals surface area contributed by atoms with Crippen molar-refractivity contribution in [2.24, 2.45) is 0 Å². The number of amides is 1. The molecule has 0 spiro atoms. The number of halogens is 1. The number of thioether (sulfide) groups is 1. The summed E-state index contributed by atoms with van der Waals surface area (Å²) in [6.07, 6.45) is 0.814. The SMILES string of the molecule is CCCOc1cccc(C2C(=C(O)c3ccc(C)cc3)C(=O)C(=O)N2c2nnc(SCc3ccccc3F)s2)c1. The molecule has 1 atom stereocenters. The standard InChI is InChI=1S/C30H26FN3O4S2/c1-3-15-38-22-9-6-8-20(16-22)25-24(26(35)19-13-11-18(2)12-14-19)27(36)28(37)34(25)29-32-33-30(40-29)39-17-21-7-4-5-10-23(21)31/h4-14,16,25,35H,3,15,17H2,1-2H3. The predicted octanol–water partition coefficient (Wildman–Crippen LogP) is 6.69. The summed E-state index contributed by atoms with van der Waals surface area (Å²) in [6, 6.07) is 19.7. The number of aromatic nitrogens is 2. The molecule has 1 N–H and O–H groups in total. The van der Waals surface area contributed by atoms with Crippen molar-refractivity contribution in [3.05, 3.63) is 106 Å². The summed E-state index contributed by atoms with van der Waals surface area (Å²) in [5, 5.41) is 19.9. The lowest BCUT2D eigenvalue weighted by Crippen LogP contribution is -2.29. The highest BCUT2D eigenvalue weighted by atomic mass is 32.2. The van der Waals surface area contributed by atoms with Crippen molar-refractivity contribution < 1.29 is 23.8 Å². The predicted molar refractivity (Wildman–Crippen MR) is 154 cm³/mol. The van der Waals surface area contributed by atoms with Crippen molar-refractivity contribution in [2.45, 2.75) is 36.4 Å². The average Bonchev–Trinajstić information content (AvgIpc) is 3.53. The van der Waals surface area contributed by atoms with Crippen molar-refractivity contribution >= 4 is 45.7 Å². The van der Waals surface area contributed by atoms with Crippen LogP contribution in [-0.2, 0) is 15.3 Å².